The van der Waals surface area contributed by atoms with Crippen molar-refractivity contribution >= 4 is 17.3 Å². The van der Waals surface area contributed by atoms with Crippen LogP contribution in [0.1, 0.15) is 1.43 Å². The molecule has 0 spiro atoms. The zero-order chi connectivity index (χ0) is 17.4. The van der Waals surface area contributed by atoms with E-state index in [1.54, 1.807) is 12.1 Å². The molecule has 0 unspecified atom stereocenters. The molecule has 2 aromatic carbocycles. The van der Waals surface area contributed by atoms with Crippen molar-refractivity contribution in [3.63, 3.8) is 0 Å². The molecule has 8 N–H and O–H groups in total. The fourth-order valence-electron chi connectivity index (χ4n) is 1.46. The van der Waals surface area contributed by atoms with Crippen LogP contribution in [0.4, 0.5) is 0 Å². The van der Waals surface area contributed by atoms with Crippen LogP contribution in [0, 0.1) is 0 Å². The normalized spacial score (nSPS) is 10.2. The SMILES string of the molecule is NC(N)=S.Oc1cc(O)cc(O)c1.Oc1ccc2c(c1)OCO2.[H-].[Na+]. The van der Waals surface area contributed by atoms with Crippen LogP contribution in [0.2, 0.25) is 0 Å². The first kappa shape index (κ1) is 21.9. The number of rotatable bonds is 0. The molecule has 126 valence electrons. The molecule has 0 atom stereocenters. The van der Waals surface area contributed by atoms with Gasteiger partial charge < -0.3 is 42.8 Å². The van der Waals surface area contributed by atoms with Crippen molar-refractivity contribution in [1.29, 1.82) is 0 Å². The predicted molar refractivity (Wildman–Crippen MR) is 87.8 cm³/mol. The average Bonchev–Trinajstić information content (AvgIpc) is 2.84. The van der Waals surface area contributed by atoms with Gasteiger partial charge in [0.05, 0.1) is 0 Å². The number of hydrogen-bond acceptors (Lipinski definition) is 7. The fraction of sp³-hybridized carbons (Fsp3) is 0.0714. The Kier molecular flexibility index (Phi) is 9.74. The van der Waals surface area contributed by atoms with Crippen molar-refractivity contribution in [3.05, 3.63) is 36.4 Å². The molecule has 0 aliphatic carbocycles. The molecule has 0 saturated heterocycles. The standard InChI is InChI=1S/C7H6O3.C6H6O3.CH4N2S.Na.H/c8-5-1-2-6-7(3-5)10-4-9-6;7-4-1-5(8)3-6(9)2-4;2-1(3)4;;/h1-3,8H,4H2;1-3,7-9H;(H4,2,3,4);;/q;;;+1;-1. The van der Waals surface area contributed by atoms with Gasteiger partial charge >= 0.3 is 29.6 Å². The Hall–Kier alpha value is -2.07. The second-order valence-electron chi connectivity index (χ2n) is 4.15. The maximum atomic E-state index is 8.96. The van der Waals surface area contributed by atoms with E-state index in [4.69, 9.17) is 29.9 Å². The number of aromatic hydroxyl groups is 4. The van der Waals surface area contributed by atoms with Crippen molar-refractivity contribution in [3.8, 4) is 34.5 Å². The topological polar surface area (TPSA) is 151 Å². The largest absolute Gasteiger partial charge is 1.00 e. The summed E-state index contributed by atoms with van der Waals surface area (Å²) in [4.78, 5) is 0. The summed E-state index contributed by atoms with van der Waals surface area (Å²) in [6, 6.07) is 8.19. The summed E-state index contributed by atoms with van der Waals surface area (Å²) in [7, 11) is 0. The van der Waals surface area contributed by atoms with Gasteiger partial charge in [-0.1, -0.05) is 0 Å². The van der Waals surface area contributed by atoms with E-state index < -0.39 is 0 Å². The van der Waals surface area contributed by atoms with Crippen LogP contribution in [0.15, 0.2) is 36.4 Å². The van der Waals surface area contributed by atoms with Crippen molar-refractivity contribution in [2.45, 2.75) is 0 Å². The minimum atomic E-state index is -0.146. The molecule has 1 heterocycles. The number of phenolic OH excluding ortho intramolecular Hbond substituents is 4. The number of ether oxygens (including phenoxy) is 2. The van der Waals surface area contributed by atoms with Crippen LogP contribution in [0.25, 0.3) is 0 Å². The van der Waals surface area contributed by atoms with E-state index in [-0.39, 0.29) is 65.9 Å². The minimum Gasteiger partial charge on any atom is -1.00 e. The van der Waals surface area contributed by atoms with Crippen LogP contribution >= 0.6 is 12.2 Å². The maximum Gasteiger partial charge on any atom is 1.00 e. The zero-order valence-corrected chi connectivity index (χ0v) is 15.7. The number of thiocarbonyl (C=S) groups is 1. The van der Waals surface area contributed by atoms with Crippen LogP contribution in [-0.4, -0.2) is 32.3 Å². The molecule has 1 aliphatic heterocycles. The first-order chi connectivity index (χ1) is 10.8. The number of benzene rings is 2. The number of phenols is 4. The minimum absolute atomic E-state index is 0. The van der Waals surface area contributed by atoms with Crippen LogP contribution in [0.5, 0.6) is 34.5 Å². The third kappa shape index (κ3) is 8.53. The van der Waals surface area contributed by atoms with Crippen molar-refractivity contribution in [2.24, 2.45) is 11.5 Å². The first-order valence-electron chi connectivity index (χ1n) is 6.13. The Balaban J connectivity index is 0. The molecule has 2 aromatic rings. The summed E-state index contributed by atoms with van der Waals surface area (Å²) in [5, 5.41) is 35.0. The molecule has 3 rings (SSSR count). The van der Waals surface area contributed by atoms with Crippen LogP contribution in [-0.2, 0) is 0 Å². The van der Waals surface area contributed by atoms with Gasteiger partial charge in [-0.05, 0) is 24.4 Å². The monoisotopic (exact) mass is 364 g/mol. The third-order valence-corrected chi connectivity index (χ3v) is 2.24. The quantitative estimate of drug-likeness (QED) is 0.236. The average molecular weight is 364 g/mol. The fourth-order valence-corrected chi connectivity index (χ4v) is 1.46. The Morgan fingerprint density at radius 1 is 0.833 bits per heavy atom. The summed E-state index contributed by atoms with van der Waals surface area (Å²) in [6.07, 6.45) is 0. The number of nitrogens with two attached hydrogens (primary N) is 2. The van der Waals surface area contributed by atoms with Crippen molar-refractivity contribution < 1.29 is 60.9 Å². The molecule has 0 radical (unpaired) electrons. The second kappa shape index (κ2) is 10.7. The van der Waals surface area contributed by atoms with E-state index in [0.717, 1.165) is 18.2 Å². The first-order valence-corrected chi connectivity index (χ1v) is 6.54. The summed E-state index contributed by atoms with van der Waals surface area (Å²) in [6.45, 7) is 0.249. The Morgan fingerprint density at radius 3 is 1.71 bits per heavy atom. The van der Waals surface area contributed by atoms with Gasteiger partial charge in [-0.25, -0.2) is 0 Å². The van der Waals surface area contributed by atoms with E-state index in [1.807, 2.05) is 0 Å². The van der Waals surface area contributed by atoms with Gasteiger partial charge in [0.25, 0.3) is 0 Å². The molecule has 0 aromatic heterocycles. The third-order valence-electron chi connectivity index (χ3n) is 2.24. The predicted octanol–water partition coefficient (Wildman–Crippen LogP) is -1.77. The Labute approximate surface area is 167 Å². The summed E-state index contributed by atoms with van der Waals surface area (Å²) in [5.41, 5.74) is 9.24. The van der Waals surface area contributed by atoms with Gasteiger partial charge in [0.2, 0.25) is 6.79 Å². The second-order valence-corrected chi connectivity index (χ2v) is 4.62. The number of hydrogen-bond donors (Lipinski definition) is 6. The van der Waals surface area contributed by atoms with E-state index >= 15 is 0 Å². The van der Waals surface area contributed by atoms with Gasteiger partial charge in [0.1, 0.15) is 23.0 Å². The molecular weight excluding hydrogens is 347 g/mol. The van der Waals surface area contributed by atoms with Gasteiger partial charge in [0, 0.05) is 24.3 Å². The van der Waals surface area contributed by atoms with Crippen LogP contribution < -0.4 is 50.5 Å². The van der Waals surface area contributed by atoms with Gasteiger partial charge in [-0.3, -0.25) is 0 Å². The van der Waals surface area contributed by atoms with E-state index in [0.29, 0.717) is 11.5 Å². The van der Waals surface area contributed by atoms with Crippen LogP contribution in [0.3, 0.4) is 0 Å². The molecule has 0 fully saturated rings. The summed E-state index contributed by atoms with van der Waals surface area (Å²) in [5.74, 6) is 1.06. The van der Waals surface area contributed by atoms with E-state index in [9.17, 15) is 0 Å². The summed E-state index contributed by atoms with van der Waals surface area (Å²) < 4.78 is 10.0. The van der Waals surface area contributed by atoms with E-state index in [1.165, 1.54) is 6.07 Å². The molecule has 24 heavy (non-hydrogen) atoms. The van der Waals surface area contributed by atoms with Gasteiger partial charge in [-0.15, -0.1) is 0 Å². The molecule has 0 bridgehead atoms. The molecule has 10 heteroatoms. The van der Waals surface area contributed by atoms with E-state index in [2.05, 4.69) is 23.7 Å². The van der Waals surface area contributed by atoms with Gasteiger partial charge in [-0.2, -0.15) is 0 Å². The molecule has 0 saturated carbocycles. The molecule has 1 aliphatic rings. The number of fused-ring (bicyclic) bond motifs is 1. The molecule has 0 amide bonds. The Bertz CT molecular complexity index is 638. The zero-order valence-electron chi connectivity index (χ0n) is 13.8. The van der Waals surface area contributed by atoms with Gasteiger partial charge in [0.15, 0.2) is 16.6 Å². The van der Waals surface area contributed by atoms with Crippen molar-refractivity contribution in [1.82, 2.24) is 0 Å². The molecule has 8 nitrogen and oxygen atoms in total. The summed E-state index contributed by atoms with van der Waals surface area (Å²) >= 11 is 4.09. The molecular formula is C14H17N2NaO6S. The maximum absolute atomic E-state index is 8.96. The Morgan fingerprint density at radius 2 is 1.25 bits per heavy atom. The van der Waals surface area contributed by atoms with Crippen molar-refractivity contribution in [2.75, 3.05) is 6.79 Å². The smallest absolute Gasteiger partial charge is 1.00 e.